The maximum Gasteiger partial charge on any atom is 0.345 e. The summed E-state index contributed by atoms with van der Waals surface area (Å²) < 4.78 is 0. The molecular formula is C12H15NO3S. The van der Waals surface area contributed by atoms with Crippen molar-refractivity contribution in [1.82, 2.24) is 4.90 Å². The summed E-state index contributed by atoms with van der Waals surface area (Å²) in [5, 5.41) is 8.79. The lowest BCUT2D eigenvalue weighted by molar-refractivity contribution is 0.0701. The Balaban J connectivity index is 2.84. The van der Waals surface area contributed by atoms with Crippen LogP contribution in [-0.4, -0.2) is 35.0 Å². The summed E-state index contributed by atoms with van der Waals surface area (Å²) in [7, 11) is 0. The third kappa shape index (κ3) is 3.42. The Morgan fingerprint density at radius 3 is 2.59 bits per heavy atom. The maximum atomic E-state index is 12.1. The number of rotatable bonds is 6. The van der Waals surface area contributed by atoms with Crippen LogP contribution in [0.25, 0.3) is 0 Å². The van der Waals surface area contributed by atoms with E-state index in [-0.39, 0.29) is 10.8 Å². The van der Waals surface area contributed by atoms with Gasteiger partial charge in [-0.3, -0.25) is 4.79 Å². The first-order valence-corrected chi connectivity index (χ1v) is 6.15. The summed E-state index contributed by atoms with van der Waals surface area (Å²) >= 11 is 1.00. The highest BCUT2D eigenvalue weighted by molar-refractivity contribution is 7.15. The fourth-order valence-electron chi connectivity index (χ4n) is 1.43. The predicted molar refractivity (Wildman–Crippen MR) is 67.7 cm³/mol. The van der Waals surface area contributed by atoms with E-state index in [0.717, 1.165) is 17.8 Å². The van der Waals surface area contributed by atoms with Gasteiger partial charge < -0.3 is 10.0 Å². The number of thiophene rings is 1. The highest BCUT2D eigenvalue weighted by atomic mass is 32.1. The number of carbonyl (C=O) groups is 2. The molecule has 0 saturated heterocycles. The molecule has 0 aliphatic heterocycles. The van der Waals surface area contributed by atoms with E-state index in [9.17, 15) is 9.59 Å². The van der Waals surface area contributed by atoms with Crippen LogP contribution < -0.4 is 0 Å². The van der Waals surface area contributed by atoms with Crippen molar-refractivity contribution in [3.8, 4) is 0 Å². The number of carbonyl (C=O) groups excluding carboxylic acids is 1. The molecule has 0 spiro atoms. The van der Waals surface area contributed by atoms with Crippen molar-refractivity contribution in [2.45, 2.75) is 13.3 Å². The molecule has 4 nitrogen and oxygen atoms in total. The molecule has 0 atom stereocenters. The van der Waals surface area contributed by atoms with Gasteiger partial charge in [-0.05, 0) is 18.6 Å². The summed E-state index contributed by atoms with van der Waals surface area (Å²) in [6.45, 7) is 6.72. The van der Waals surface area contributed by atoms with Crippen LogP contribution in [0.4, 0.5) is 0 Å². The zero-order valence-electron chi connectivity index (χ0n) is 9.68. The molecule has 0 unspecified atom stereocenters. The number of nitrogens with zero attached hydrogens (tertiary/aromatic N) is 1. The van der Waals surface area contributed by atoms with Gasteiger partial charge in [-0.2, -0.15) is 0 Å². The van der Waals surface area contributed by atoms with E-state index in [4.69, 9.17) is 5.11 Å². The first kappa shape index (κ1) is 13.4. The molecule has 0 aliphatic carbocycles. The molecule has 5 heteroatoms. The van der Waals surface area contributed by atoms with E-state index in [2.05, 4.69) is 6.58 Å². The lowest BCUT2D eigenvalue weighted by Gasteiger charge is -2.19. The Bertz CT molecular complexity index is 425. The minimum absolute atomic E-state index is 0.135. The average Bonchev–Trinajstić information content (AvgIpc) is 2.77. The van der Waals surface area contributed by atoms with E-state index in [1.807, 2.05) is 6.92 Å². The van der Waals surface area contributed by atoms with Gasteiger partial charge in [-0.1, -0.05) is 13.0 Å². The molecule has 1 aromatic heterocycles. The molecule has 0 aromatic carbocycles. The number of carboxylic acid groups (broad SMARTS) is 1. The molecule has 92 valence electrons. The van der Waals surface area contributed by atoms with Crippen LogP contribution >= 0.6 is 11.3 Å². The second-order valence-electron chi connectivity index (χ2n) is 3.51. The van der Waals surface area contributed by atoms with Crippen molar-refractivity contribution < 1.29 is 14.7 Å². The van der Waals surface area contributed by atoms with Crippen LogP contribution in [0.3, 0.4) is 0 Å². The van der Waals surface area contributed by atoms with Gasteiger partial charge in [0.2, 0.25) is 0 Å². The van der Waals surface area contributed by atoms with E-state index >= 15 is 0 Å². The monoisotopic (exact) mass is 253 g/mol. The van der Waals surface area contributed by atoms with Gasteiger partial charge in [-0.15, -0.1) is 17.9 Å². The number of hydrogen-bond acceptors (Lipinski definition) is 3. The van der Waals surface area contributed by atoms with Crippen LogP contribution in [0.2, 0.25) is 0 Å². The lowest BCUT2D eigenvalue weighted by atomic mass is 10.3. The van der Waals surface area contributed by atoms with Gasteiger partial charge in [0.15, 0.2) is 0 Å². The standard InChI is InChI=1S/C12H15NO3S/c1-3-7-13(8-4-2)11(14)9-5-6-10(17-9)12(15)16/h3,5-6H,1,4,7-8H2,2H3,(H,15,16). The highest BCUT2D eigenvalue weighted by Gasteiger charge is 2.17. The molecule has 17 heavy (non-hydrogen) atoms. The largest absolute Gasteiger partial charge is 0.477 e. The molecule has 0 aliphatic rings. The average molecular weight is 253 g/mol. The van der Waals surface area contributed by atoms with Crippen LogP contribution in [0.5, 0.6) is 0 Å². The molecule has 0 radical (unpaired) electrons. The Hall–Kier alpha value is -1.62. The summed E-state index contributed by atoms with van der Waals surface area (Å²) in [4.78, 5) is 25.1. The van der Waals surface area contributed by atoms with Crippen LogP contribution in [0.1, 0.15) is 32.7 Å². The Morgan fingerprint density at radius 2 is 2.12 bits per heavy atom. The highest BCUT2D eigenvalue weighted by Crippen LogP contribution is 2.18. The van der Waals surface area contributed by atoms with Crippen molar-refractivity contribution >= 4 is 23.2 Å². The predicted octanol–water partition coefficient (Wildman–Crippen LogP) is 2.48. The molecule has 1 aromatic rings. The first-order chi connectivity index (χ1) is 8.10. The van der Waals surface area contributed by atoms with Crippen molar-refractivity contribution in [1.29, 1.82) is 0 Å². The van der Waals surface area contributed by atoms with Crippen molar-refractivity contribution in [2.24, 2.45) is 0 Å². The minimum Gasteiger partial charge on any atom is -0.477 e. The third-order valence-electron chi connectivity index (χ3n) is 2.16. The number of hydrogen-bond donors (Lipinski definition) is 1. The quantitative estimate of drug-likeness (QED) is 0.792. The van der Waals surface area contributed by atoms with Crippen LogP contribution in [0, 0.1) is 0 Å². The zero-order chi connectivity index (χ0) is 12.8. The van der Waals surface area contributed by atoms with Gasteiger partial charge in [0.05, 0.1) is 4.88 Å². The molecule has 1 rings (SSSR count). The molecule has 1 heterocycles. The van der Waals surface area contributed by atoms with Gasteiger partial charge in [0.25, 0.3) is 5.91 Å². The third-order valence-corrected chi connectivity index (χ3v) is 3.22. The summed E-state index contributed by atoms with van der Waals surface area (Å²) in [5.74, 6) is -1.14. The zero-order valence-corrected chi connectivity index (χ0v) is 10.5. The first-order valence-electron chi connectivity index (χ1n) is 5.33. The topological polar surface area (TPSA) is 57.6 Å². The summed E-state index contributed by atoms with van der Waals surface area (Å²) in [5.41, 5.74) is 0. The van der Waals surface area contributed by atoms with Gasteiger partial charge >= 0.3 is 5.97 Å². The lowest BCUT2D eigenvalue weighted by Crippen LogP contribution is -2.31. The Labute approximate surface area is 104 Å². The van der Waals surface area contributed by atoms with Crippen molar-refractivity contribution in [3.63, 3.8) is 0 Å². The Kier molecular flexibility index (Phi) is 4.90. The van der Waals surface area contributed by atoms with E-state index in [1.54, 1.807) is 17.0 Å². The molecule has 1 amide bonds. The normalized spacial score (nSPS) is 9.94. The van der Waals surface area contributed by atoms with Crippen molar-refractivity contribution in [3.05, 3.63) is 34.5 Å². The molecule has 0 fully saturated rings. The van der Waals surface area contributed by atoms with E-state index in [0.29, 0.717) is 18.0 Å². The molecular weight excluding hydrogens is 238 g/mol. The van der Waals surface area contributed by atoms with Gasteiger partial charge in [0.1, 0.15) is 4.88 Å². The minimum atomic E-state index is -1.00. The van der Waals surface area contributed by atoms with Gasteiger partial charge in [0, 0.05) is 13.1 Å². The van der Waals surface area contributed by atoms with Crippen molar-refractivity contribution in [2.75, 3.05) is 13.1 Å². The fraction of sp³-hybridized carbons (Fsp3) is 0.333. The van der Waals surface area contributed by atoms with Crippen LogP contribution in [0.15, 0.2) is 24.8 Å². The fourth-order valence-corrected chi connectivity index (χ4v) is 2.24. The van der Waals surface area contributed by atoms with Gasteiger partial charge in [-0.25, -0.2) is 4.79 Å². The second-order valence-corrected chi connectivity index (χ2v) is 4.59. The van der Waals surface area contributed by atoms with Crippen LogP contribution in [-0.2, 0) is 0 Å². The Morgan fingerprint density at radius 1 is 1.47 bits per heavy atom. The van der Waals surface area contributed by atoms with E-state index < -0.39 is 5.97 Å². The molecule has 1 N–H and O–H groups in total. The number of aromatic carboxylic acids is 1. The molecule has 0 saturated carbocycles. The number of carboxylic acids is 1. The SMILES string of the molecule is C=CCN(CCC)C(=O)c1ccc(C(=O)O)s1. The van der Waals surface area contributed by atoms with E-state index in [1.165, 1.54) is 6.07 Å². The smallest absolute Gasteiger partial charge is 0.345 e. The summed E-state index contributed by atoms with van der Waals surface area (Å²) in [6.07, 6.45) is 2.52. The maximum absolute atomic E-state index is 12.1. The summed E-state index contributed by atoms with van der Waals surface area (Å²) in [6, 6.07) is 3.01. The second kappa shape index (κ2) is 6.20. The molecule has 0 bridgehead atoms. The number of amides is 1.